The molecule has 0 saturated heterocycles. The molecule has 68 valence electrons. The van der Waals surface area contributed by atoms with Gasteiger partial charge >= 0.3 is 58.4 Å². The molecule has 1 aromatic heterocycles. The summed E-state index contributed by atoms with van der Waals surface area (Å²) < 4.78 is 37.1. The first kappa shape index (κ1) is 12.7. The Hall–Kier alpha value is 0.671. The summed E-state index contributed by atoms with van der Waals surface area (Å²) in [5, 5.41) is 0.668. The number of halogens is 3. The van der Waals surface area contributed by atoms with E-state index < -0.39 is 11.8 Å². The second-order valence-electron chi connectivity index (χ2n) is 2.76. The summed E-state index contributed by atoms with van der Waals surface area (Å²) in [5.41, 5.74) is 0. The van der Waals surface area contributed by atoms with Gasteiger partial charge in [-0.1, -0.05) is 29.0 Å². The van der Waals surface area contributed by atoms with Crippen LogP contribution < -0.4 is 56.2 Å². The smallest absolute Gasteiger partial charge is 0.444 e. The standard InChI is InChI=1S/C8H5BF3S.K/c10-9(11,12)8-5-6-3-1-2-4-7(6)13-8;/h1-5H;/q-1;+1. The molecule has 2 rings (SSSR count). The van der Waals surface area contributed by atoms with Gasteiger partial charge in [0.05, 0.1) is 0 Å². The topological polar surface area (TPSA) is 0 Å². The Morgan fingerprint density at radius 2 is 1.71 bits per heavy atom. The van der Waals surface area contributed by atoms with Crippen LogP contribution in [0.25, 0.3) is 10.1 Å². The van der Waals surface area contributed by atoms with Crippen LogP contribution in [0.3, 0.4) is 0 Å². The van der Waals surface area contributed by atoms with Gasteiger partial charge in [-0.25, -0.2) is 0 Å². The van der Waals surface area contributed by atoms with E-state index in [2.05, 4.69) is 0 Å². The molecule has 0 N–H and O–H groups in total. The molecule has 0 saturated carbocycles. The Labute approximate surface area is 126 Å². The Bertz CT molecular complexity index is 404. The van der Waals surface area contributed by atoms with E-state index in [-0.39, 0.29) is 51.4 Å². The Morgan fingerprint density at radius 3 is 2.29 bits per heavy atom. The fraction of sp³-hybridized carbons (Fsp3) is 0. The van der Waals surface area contributed by atoms with E-state index in [9.17, 15) is 12.9 Å². The molecule has 0 aliphatic carbocycles. The molecule has 0 amide bonds. The zero-order valence-electron chi connectivity index (χ0n) is 7.51. The number of benzene rings is 1. The van der Waals surface area contributed by atoms with Crippen LogP contribution in [0, 0.1) is 0 Å². The minimum atomic E-state index is -4.84. The molecule has 0 spiro atoms. The summed E-state index contributed by atoms with van der Waals surface area (Å²) in [6.07, 6.45) is 0. The first-order valence-corrected chi connectivity index (χ1v) is 4.57. The first-order valence-electron chi connectivity index (χ1n) is 3.76. The van der Waals surface area contributed by atoms with Crippen LogP contribution in [0.4, 0.5) is 12.9 Å². The van der Waals surface area contributed by atoms with Crippen molar-refractivity contribution in [2.24, 2.45) is 0 Å². The molecule has 1 aromatic carbocycles. The van der Waals surface area contributed by atoms with Gasteiger partial charge in [0.2, 0.25) is 0 Å². The summed E-state index contributed by atoms with van der Waals surface area (Å²) in [4.78, 5) is 0. The second-order valence-corrected chi connectivity index (χ2v) is 3.88. The molecule has 0 unspecified atom stereocenters. The van der Waals surface area contributed by atoms with Gasteiger partial charge < -0.3 is 12.9 Å². The maximum Gasteiger partial charge on any atom is 1.00 e. The number of hydrogen-bond donors (Lipinski definition) is 0. The maximum absolute atomic E-state index is 12.3. The molecule has 0 aliphatic rings. The van der Waals surface area contributed by atoms with Gasteiger partial charge in [0.15, 0.2) is 0 Å². The van der Waals surface area contributed by atoms with Crippen molar-refractivity contribution >= 4 is 33.2 Å². The van der Waals surface area contributed by atoms with Crippen molar-refractivity contribution in [3.63, 3.8) is 0 Å². The van der Waals surface area contributed by atoms with Crippen LogP contribution in [-0.2, 0) is 0 Å². The number of fused-ring (bicyclic) bond motifs is 1. The molecule has 0 bridgehead atoms. The average molecular weight is 240 g/mol. The molecule has 2 aromatic rings. The van der Waals surface area contributed by atoms with Gasteiger partial charge in [0, 0.05) is 4.70 Å². The van der Waals surface area contributed by atoms with Gasteiger partial charge in [-0.05, 0) is 11.5 Å². The van der Waals surface area contributed by atoms with Crippen molar-refractivity contribution in [2.45, 2.75) is 0 Å². The minimum Gasteiger partial charge on any atom is -0.444 e. The van der Waals surface area contributed by atoms with Crippen molar-refractivity contribution in [1.82, 2.24) is 0 Å². The van der Waals surface area contributed by atoms with E-state index in [0.717, 1.165) is 11.3 Å². The van der Waals surface area contributed by atoms with Crippen molar-refractivity contribution in [3.8, 4) is 0 Å². The maximum atomic E-state index is 12.3. The number of hydrogen-bond acceptors (Lipinski definition) is 1. The molecule has 6 heteroatoms. The molecular weight excluding hydrogens is 235 g/mol. The van der Waals surface area contributed by atoms with Crippen LogP contribution in [0.5, 0.6) is 0 Å². The summed E-state index contributed by atoms with van der Waals surface area (Å²) in [6.45, 7) is -4.84. The van der Waals surface area contributed by atoms with Crippen molar-refractivity contribution < 1.29 is 64.3 Å². The summed E-state index contributed by atoms with van der Waals surface area (Å²) in [5.74, 6) is 0. The molecule has 14 heavy (non-hydrogen) atoms. The molecule has 0 fully saturated rings. The fourth-order valence-corrected chi connectivity index (χ4v) is 2.13. The molecular formula is C8H5BF3KS. The molecule has 0 aliphatic heterocycles. The Morgan fingerprint density at radius 1 is 1.07 bits per heavy atom. The zero-order chi connectivity index (χ0) is 9.47. The van der Waals surface area contributed by atoms with Gasteiger partial charge in [0.25, 0.3) is 0 Å². The van der Waals surface area contributed by atoms with Crippen LogP contribution in [-0.4, -0.2) is 6.98 Å². The van der Waals surface area contributed by atoms with Gasteiger partial charge in [-0.15, -0.1) is 0 Å². The van der Waals surface area contributed by atoms with Gasteiger partial charge in [-0.3, -0.25) is 0 Å². The largest absolute Gasteiger partial charge is 1.00 e. The van der Waals surface area contributed by atoms with E-state index in [4.69, 9.17) is 0 Å². The average Bonchev–Trinajstić information content (AvgIpc) is 2.45. The second kappa shape index (κ2) is 4.67. The molecule has 0 radical (unpaired) electrons. The molecule has 0 atom stereocenters. The zero-order valence-corrected chi connectivity index (χ0v) is 11.4. The summed E-state index contributed by atoms with van der Waals surface area (Å²) >= 11 is 0.807. The van der Waals surface area contributed by atoms with E-state index in [1.54, 1.807) is 24.3 Å². The number of thiophene rings is 1. The normalized spacial score (nSPS) is 11.4. The first-order chi connectivity index (χ1) is 6.07. The fourth-order valence-electron chi connectivity index (χ4n) is 1.16. The predicted octanol–water partition coefficient (Wildman–Crippen LogP) is -0.0403. The summed E-state index contributed by atoms with van der Waals surface area (Å²) in [6, 6.07) is 8.08. The Balaban J connectivity index is 0.000000980. The molecule has 0 nitrogen and oxygen atoms in total. The third kappa shape index (κ3) is 2.62. The van der Waals surface area contributed by atoms with Crippen molar-refractivity contribution in [3.05, 3.63) is 30.3 Å². The predicted molar refractivity (Wildman–Crippen MR) is 50.5 cm³/mol. The van der Waals surface area contributed by atoms with Gasteiger partial charge in [0.1, 0.15) is 0 Å². The Kier molecular flexibility index (Phi) is 4.25. The molecule has 1 heterocycles. The van der Waals surface area contributed by atoms with E-state index in [1.807, 2.05) is 0 Å². The third-order valence-electron chi connectivity index (χ3n) is 1.77. The quantitative estimate of drug-likeness (QED) is 0.613. The minimum absolute atomic E-state index is 0. The van der Waals surface area contributed by atoms with Gasteiger partial charge in [-0.2, -0.15) is 11.3 Å². The van der Waals surface area contributed by atoms with Crippen LogP contribution in [0.2, 0.25) is 0 Å². The van der Waals surface area contributed by atoms with Crippen molar-refractivity contribution in [2.75, 3.05) is 0 Å². The SMILES string of the molecule is F[B-](F)(F)c1cc2ccccc2s1.[K+]. The summed E-state index contributed by atoms with van der Waals surface area (Å²) in [7, 11) is 0. The van der Waals surface area contributed by atoms with Crippen molar-refractivity contribution in [1.29, 1.82) is 0 Å². The van der Waals surface area contributed by atoms with Crippen LogP contribution in [0.15, 0.2) is 30.3 Å². The van der Waals surface area contributed by atoms with Crippen LogP contribution in [0.1, 0.15) is 0 Å². The van der Waals surface area contributed by atoms with Crippen LogP contribution >= 0.6 is 11.3 Å². The van der Waals surface area contributed by atoms with E-state index in [0.29, 0.717) is 10.1 Å². The van der Waals surface area contributed by atoms with E-state index >= 15 is 0 Å². The monoisotopic (exact) mass is 240 g/mol. The van der Waals surface area contributed by atoms with E-state index in [1.165, 1.54) is 6.07 Å². The third-order valence-corrected chi connectivity index (χ3v) is 2.98. The number of rotatable bonds is 1.